The quantitative estimate of drug-likeness (QED) is 0.502. The molecule has 0 unspecified atom stereocenters. The molecule has 0 atom stereocenters. The predicted octanol–water partition coefficient (Wildman–Crippen LogP) is 0.538. The van der Waals surface area contributed by atoms with Crippen LogP contribution >= 0.6 is 0 Å². The highest BCUT2D eigenvalue weighted by molar-refractivity contribution is 5.73. The van der Waals surface area contributed by atoms with E-state index in [1.165, 1.54) is 6.08 Å². The van der Waals surface area contributed by atoms with Gasteiger partial charge in [-0.1, -0.05) is 0 Å². The van der Waals surface area contributed by atoms with E-state index in [9.17, 15) is 9.59 Å². The number of methoxy groups -OCH3 is 1. The molecule has 0 aliphatic rings. The van der Waals surface area contributed by atoms with Gasteiger partial charge in [-0.05, 0) is 6.08 Å². The van der Waals surface area contributed by atoms with E-state index in [1.54, 1.807) is 24.4 Å². The zero-order valence-electron chi connectivity index (χ0n) is 11.2. The molecule has 0 saturated heterocycles. The predicted molar refractivity (Wildman–Crippen MR) is 68.6 cm³/mol. The highest BCUT2D eigenvalue weighted by Crippen LogP contribution is 1.90. The van der Waals surface area contributed by atoms with Crippen LogP contribution in [-0.2, 0) is 14.3 Å². The molecular weight excluding hydrogens is 220 g/mol. The third kappa shape index (κ3) is 17.0. The molecular formula is C12H22N2O3. The van der Waals surface area contributed by atoms with Crippen LogP contribution in [0.1, 0.15) is 0 Å². The van der Waals surface area contributed by atoms with Crippen LogP contribution in [0.5, 0.6) is 0 Å². The summed E-state index contributed by atoms with van der Waals surface area (Å²) in [5.41, 5.74) is 0.646. The SMILES string of the molecule is CN(C)/C=C/C=O.COC/C(C=O)=C\N(C)C. The lowest BCUT2D eigenvalue weighted by molar-refractivity contribution is -0.105. The molecule has 0 amide bonds. The Morgan fingerprint density at radius 1 is 1.12 bits per heavy atom. The molecule has 0 N–H and O–H groups in total. The third-order valence-electron chi connectivity index (χ3n) is 1.35. The highest BCUT2D eigenvalue weighted by atomic mass is 16.5. The maximum Gasteiger partial charge on any atom is 0.149 e. The normalized spacial score (nSPS) is 10.5. The Hall–Kier alpha value is -1.62. The number of rotatable bonds is 6. The number of hydrogen-bond acceptors (Lipinski definition) is 5. The van der Waals surface area contributed by atoms with Crippen molar-refractivity contribution in [1.29, 1.82) is 0 Å². The summed E-state index contributed by atoms with van der Waals surface area (Å²) in [5, 5.41) is 0. The fraction of sp³-hybridized carbons (Fsp3) is 0.500. The van der Waals surface area contributed by atoms with E-state index in [-0.39, 0.29) is 0 Å². The van der Waals surface area contributed by atoms with Crippen molar-refractivity contribution in [2.75, 3.05) is 41.9 Å². The monoisotopic (exact) mass is 242 g/mol. The molecule has 0 aliphatic heterocycles. The van der Waals surface area contributed by atoms with Gasteiger partial charge >= 0.3 is 0 Å². The second kappa shape index (κ2) is 12.4. The van der Waals surface area contributed by atoms with Gasteiger partial charge in [0.1, 0.15) is 12.6 Å². The summed E-state index contributed by atoms with van der Waals surface area (Å²) in [6.45, 7) is 0.377. The van der Waals surface area contributed by atoms with Gasteiger partial charge in [-0.25, -0.2) is 0 Å². The molecule has 0 aromatic heterocycles. The summed E-state index contributed by atoms with van der Waals surface area (Å²) in [6, 6.07) is 0. The van der Waals surface area contributed by atoms with Gasteiger partial charge in [0.25, 0.3) is 0 Å². The Labute approximate surface area is 103 Å². The molecule has 17 heavy (non-hydrogen) atoms. The van der Waals surface area contributed by atoms with Crippen LogP contribution in [-0.4, -0.2) is 64.3 Å². The van der Waals surface area contributed by atoms with Crippen molar-refractivity contribution in [1.82, 2.24) is 9.80 Å². The van der Waals surface area contributed by atoms with Gasteiger partial charge < -0.3 is 14.5 Å². The van der Waals surface area contributed by atoms with Gasteiger partial charge in [0.2, 0.25) is 0 Å². The van der Waals surface area contributed by atoms with Crippen molar-refractivity contribution in [3.05, 3.63) is 24.0 Å². The number of carbonyl (C=O) groups excluding carboxylic acids is 2. The standard InChI is InChI=1S/C7H13NO2.C5H9NO/c1-8(2)4-7(5-9)6-10-3;1-6(2)4-3-5-7/h4-5H,6H2,1-3H3;3-5H,1-2H3/b7-4-;4-3+. The molecule has 98 valence electrons. The van der Waals surface area contributed by atoms with Crippen LogP contribution in [0.4, 0.5) is 0 Å². The van der Waals surface area contributed by atoms with Crippen LogP contribution in [0.15, 0.2) is 24.0 Å². The summed E-state index contributed by atoms with van der Waals surface area (Å²) < 4.78 is 4.77. The summed E-state index contributed by atoms with van der Waals surface area (Å²) in [7, 11) is 9.01. The number of ether oxygens (including phenoxy) is 1. The summed E-state index contributed by atoms with van der Waals surface area (Å²) in [5.74, 6) is 0. The molecule has 0 fully saturated rings. The first-order chi connectivity index (χ1) is 7.97. The fourth-order valence-electron chi connectivity index (χ4n) is 0.807. The van der Waals surface area contributed by atoms with Crippen LogP contribution in [0.2, 0.25) is 0 Å². The molecule has 0 rings (SSSR count). The number of nitrogens with zero attached hydrogens (tertiary/aromatic N) is 2. The van der Waals surface area contributed by atoms with E-state index < -0.39 is 0 Å². The molecule has 0 spiro atoms. The van der Waals surface area contributed by atoms with Crippen LogP contribution in [0, 0.1) is 0 Å². The molecule has 0 bridgehead atoms. The smallest absolute Gasteiger partial charge is 0.149 e. The first-order valence-corrected chi connectivity index (χ1v) is 5.07. The van der Waals surface area contributed by atoms with E-state index in [2.05, 4.69) is 0 Å². The maximum atomic E-state index is 10.3. The van der Waals surface area contributed by atoms with Crippen molar-refractivity contribution in [3.8, 4) is 0 Å². The third-order valence-corrected chi connectivity index (χ3v) is 1.35. The van der Waals surface area contributed by atoms with Gasteiger partial charge in [-0.3, -0.25) is 9.59 Å². The first kappa shape index (κ1) is 17.8. The highest BCUT2D eigenvalue weighted by Gasteiger charge is 1.92. The molecule has 0 radical (unpaired) electrons. The van der Waals surface area contributed by atoms with Crippen LogP contribution < -0.4 is 0 Å². The van der Waals surface area contributed by atoms with Crippen molar-refractivity contribution in [2.45, 2.75) is 0 Å². The van der Waals surface area contributed by atoms with E-state index in [0.717, 1.165) is 12.6 Å². The van der Waals surface area contributed by atoms with Crippen LogP contribution in [0.25, 0.3) is 0 Å². The Bertz CT molecular complexity index is 258. The van der Waals surface area contributed by atoms with Gasteiger partial charge in [0.15, 0.2) is 0 Å². The number of allylic oxidation sites excluding steroid dienone is 1. The number of hydrogen-bond donors (Lipinski definition) is 0. The largest absolute Gasteiger partial charge is 0.383 e. The van der Waals surface area contributed by atoms with E-state index in [1.807, 2.05) is 33.1 Å². The molecule has 5 heteroatoms. The Kier molecular flexibility index (Phi) is 13.0. The topological polar surface area (TPSA) is 49.9 Å². The average Bonchev–Trinajstić information content (AvgIpc) is 2.26. The number of aldehydes is 2. The molecule has 0 aliphatic carbocycles. The van der Waals surface area contributed by atoms with E-state index in [0.29, 0.717) is 12.2 Å². The Morgan fingerprint density at radius 3 is 1.94 bits per heavy atom. The zero-order valence-corrected chi connectivity index (χ0v) is 11.2. The molecule has 0 heterocycles. The van der Waals surface area contributed by atoms with E-state index in [4.69, 9.17) is 4.74 Å². The minimum Gasteiger partial charge on any atom is -0.383 e. The van der Waals surface area contributed by atoms with Crippen molar-refractivity contribution in [2.24, 2.45) is 0 Å². The van der Waals surface area contributed by atoms with Crippen LogP contribution in [0.3, 0.4) is 0 Å². The van der Waals surface area contributed by atoms with Gasteiger partial charge in [0.05, 0.1) is 6.61 Å². The molecule has 5 nitrogen and oxygen atoms in total. The second-order valence-electron chi connectivity index (χ2n) is 3.66. The average molecular weight is 242 g/mol. The lowest BCUT2D eigenvalue weighted by atomic mass is 10.3. The molecule has 0 aromatic rings. The van der Waals surface area contributed by atoms with Gasteiger partial charge in [-0.15, -0.1) is 0 Å². The summed E-state index contributed by atoms with van der Waals surface area (Å²) in [6.07, 6.45) is 6.41. The first-order valence-electron chi connectivity index (χ1n) is 5.07. The summed E-state index contributed by atoms with van der Waals surface area (Å²) in [4.78, 5) is 23.5. The lowest BCUT2D eigenvalue weighted by Crippen LogP contribution is -2.06. The minimum absolute atomic E-state index is 0.377. The fourth-order valence-corrected chi connectivity index (χ4v) is 0.807. The Morgan fingerprint density at radius 2 is 1.71 bits per heavy atom. The van der Waals surface area contributed by atoms with Crippen molar-refractivity contribution >= 4 is 12.6 Å². The van der Waals surface area contributed by atoms with Crippen molar-refractivity contribution in [3.63, 3.8) is 0 Å². The van der Waals surface area contributed by atoms with Gasteiger partial charge in [0, 0.05) is 53.3 Å². The van der Waals surface area contributed by atoms with Gasteiger partial charge in [-0.2, -0.15) is 0 Å². The molecule has 0 saturated carbocycles. The Balaban J connectivity index is 0. The number of carbonyl (C=O) groups is 2. The minimum atomic E-state index is 0.377. The maximum absolute atomic E-state index is 10.3. The van der Waals surface area contributed by atoms with E-state index >= 15 is 0 Å². The second-order valence-corrected chi connectivity index (χ2v) is 3.66. The molecule has 0 aromatic carbocycles. The van der Waals surface area contributed by atoms with Crippen molar-refractivity contribution < 1.29 is 14.3 Å². The lowest BCUT2D eigenvalue weighted by Gasteiger charge is -2.05. The summed E-state index contributed by atoms with van der Waals surface area (Å²) >= 11 is 0. The zero-order chi connectivity index (χ0) is 13.7.